The standard InChI is InChI=1S/C48H29N3O/c1-3-15-31(16-4-1)40-29-41(34-23-13-17-30-14-7-8-20-33(30)34)50-48(49-40)39-28-43-45(38-22-9-11-24-42(38)51(43)32-18-5-2-6-19-32)46-36(39)26-27-37-35-21-10-12-25-44(35)52-47(37)46/h1-29H. The van der Waals surface area contributed by atoms with Gasteiger partial charge in [0.15, 0.2) is 5.82 Å². The largest absolute Gasteiger partial charge is 0.455 e. The van der Waals surface area contributed by atoms with Crippen LogP contribution in [0.1, 0.15) is 0 Å². The average Bonchev–Trinajstić information content (AvgIpc) is 3.77. The molecule has 4 heteroatoms. The Morgan fingerprint density at radius 1 is 0.423 bits per heavy atom. The van der Waals surface area contributed by atoms with Crippen LogP contribution in [0, 0.1) is 0 Å². The summed E-state index contributed by atoms with van der Waals surface area (Å²) in [4.78, 5) is 10.8. The van der Waals surface area contributed by atoms with E-state index in [0.717, 1.165) is 88.3 Å². The minimum absolute atomic E-state index is 0.663. The van der Waals surface area contributed by atoms with Crippen LogP contribution in [0.5, 0.6) is 0 Å². The Kier molecular flexibility index (Phi) is 6.22. The molecule has 11 rings (SSSR count). The first-order valence-corrected chi connectivity index (χ1v) is 17.6. The third kappa shape index (κ3) is 4.28. The fourth-order valence-electron chi connectivity index (χ4n) is 8.09. The van der Waals surface area contributed by atoms with E-state index in [9.17, 15) is 0 Å². The second-order valence-electron chi connectivity index (χ2n) is 13.3. The number of hydrogen-bond acceptors (Lipinski definition) is 3. The summed E-state index contributed by atoms with van der Waals surface area (Å²) in [5, 5.41) is 8.95. The average molecular weight is 664 g/mol. The molecular weight excluding hydrogens is 635 g/mol. The quantitative estimate of drug-likeness (QED) is 0.188. The fourth-order valence-corrected chi connectivity index (χ4v) is 8.09. The normalized spacial score (nSPS) is 11.8. The van der Waals surface area contributed by atoms with Crippen molar-refractivity contribution in [2.75, 3.05) is 0 Å². The summed E-state index contributed by atoms with van der Waals surface area (Å²) in [6.45, 7) is 0. The van der Waals surface area contributed by atoms with E-state index < -0.39 is 0 Å². The predicted molar refractivity (Wildman–Crippen MR) is 215 cm³/mol. The highest BCUT2D eigenvalue weighted by Gasteiger charge is 2.23. The molecule has 0 amide bonds. The van der Waals surface area contributed by atoms with Gasteiger partial charge in [-0.1, -0.05) is 133 Å². The number of para-hydroxylation sites is 3. The molecule has 8 aromatic carbocycles. The number of nitrogens with zero attached hydrogens (tertiary/aromatic N) is 3. The van der Waals surface area contributed by atoms with Crippen molar-refractivity contribution in [1.29, 1.82) is 0 Å². The summed E-state index contributed by atoms with van der Waals surface area (Å²) in [7, 11) is 0. The van der Waals surface area contributed by atoms with Crippen LogP contribution in [-0.4, -0.2) is 14.5 Å². The van der Waals surface area contributed by atoms with Crippen LogP contribution in [0.3, 0.4) is 0 Å². The first-order valence-electron chi connectivity index (χ1n) is 17.6. The number of benzene rings is 8. The Balaban J connectivity index is 1.32. The molecule has 0 atom stereocenters. The zero-order valence-corrected chi connectivity index (χ0v) is 28.0. The highest BCUT2D eigenvalue weighted by Crippen LogP contribution is 2.46. The maximum Gasteiger partial charge on any atom is 0.161 e. The highest BCUT2D eigenvalue weighted by atomic mass is 16.3. The summed E-state index contributed by atoms with van der Waals surface area (Å²) < 4.78 is 9.18. The smallest absolute Gasteiger partial charge is 0.161 e. The Morgan fingerprint density at radius 3 is 1.96 bits per heavy atom. The van der Waals surface area contributed by atoms with E-state index in [1.807, 2.05) is 12.1 Å². The Morgan fingerprint density at radius 2 is 1.10 bits per heavy atom. The van der Waals surface area contributed by atoms with E-state index in [1.165, 1.54) is 10.8 Å². The van der Waals surface area contributed by atoms with E-state index in [4.69, 9.17) is 14.4 Å². The van der Waals surface area contributed by atoms with Crippen LogP contribution in [0.15, 0.2) is 180 Å². The lowest BCUT2D eigenvalue weighted by Gasteiger charge is -2.14. The molecule has 4 nitrogen and oxygen atoms in total. The predicted octanol–water partition coefficient (Wildman–Crippen LogP) is 12.8. The zero-order valence-electron chi connectivity index (χ0n) is 28.0. The molecule has 0 radical (unpaired) electrons. The minimum atomic E-state index is 0.663. The molecule has 52 heavy (non-hydrogen) atoms. The maximum atomic E-state index is 6.81. The lowest BCUT2D eigenvalue weighted by atomic mass is 9.95. The third-order valence-electron chi connectivity index (χ3n) is 10.4. The molecule has 3 aromatic heterocycles. The summed E-state index contributed by atoms with van der Waals surface area (Å²) in [6.07, 6.45) is 0. The highest BCUT2D eigenvalue weighted by molar-refractivity contribution is 6.31. The molecular formula is C48H29N3O. The van der Waals surface area contributed by atoms with E-state index in [2.05, 4.69) is 168 Å². The van der Waals surface area contributed by atoms with Crippen molar-refractivity contribution in [1.82, 2.24) is 14.5 Å². The molecule has 0 aliphatic carbocycles. The van der Waals surface area contributed by atoms with Crippen LogP contribution in [0.25, 0.3) is 105 Å². The number of hydrogen-bond donors (Lipinski definition) is 0. The van der Waals surface area contributed by atoms with Crippen LogP contribution < -0.4 is 0 Å². The van der Waals surface area contributed by atoms with Gasteiger partial charge in [-0.3, -0.25) is 0 Å². The number of aromatic nitrogens is 3. The molecule has 0 spiro atoms. The van der Waals surface area contributed by atoms with Crippen molar-refractivity contribution >= 4 is 65.3 Å². The van der Waals surface area contributed by atoms with Gasteiger partial charge in [-0.2, -0.15) is 0 Å². The molecule has 0 N–H and O–H groups in total. The molecule has 0 fully saturated rings. The third-order valence-corrected chi connectivity index (χ3v) is 10.4. The molecule has 11 aromatic rings. The molecule has 0 saturated carbocycles. The first-order chi connectivity index (χ1) is 25.8. The van der Waals surface area contributed by atoms with Crippen molar-refractivity contribution in [3.05, 3.63) is 176 Å². The summed E-state index contributed by atoms with van der Waals surface area (Å²) in [6, 6.07) is 61.7. The Bertz CT molecular complexity index is 3170. The van der Waals surface area contributed by atoms with Crippen molar-refractivity contribution in [2.45, 2.75) is 0 Å². The van der Waals surface area contributed by atoms with Gasteiger partial charge in [0, 0.05) is 49.3 Å². The van der Waals surface area contributed by atoms with Crippen molar-refractivity contribution in [2.24, 2.45) is 0 Å². The fraction of sp³-hybridized carbons (Fsp3) is 0. The first kappa shape index (κ1) is 28.8. The molecule has 0 aliphatic rings. The molecule has 0 aliphatic heterocycles. The van der Waals surface area contributed by atoms with Gasteiger partial charge in [-0.15, -0.1) is 0 Å². The van der Waals surface area contributed by atoms with E-state index in [-0.39, 0.29) is 0 Å². The van der Waals surface area contributed by atoms with E-state index in [0.29, 0.717) is 5.82 Å². The molecule has 0 saturated heterocycles. The van der Waals surface area contributed by atoms with Gasteiger partial charge < -0.3 is 8.98 Å². The number of fused-ring (bicyclic) bond motifs is 10. The topological polar surface area (TPSA) is 43.9 Å². The van der Waals surface area contributed by atoms with Gasteiger partial charge in [0.1, 0.15) is 11.2 Å². The molecule has 0 unspecified atom stereocenters. The number of furan rings is 1. The monoisotopic (exact) mass is 663 g/mol. The van der Waals surface area contributed by atoms with Gasteiger partial charge in [-0.05, 0) is 58.6 Å². The summed E-state index contributed by atoms with van der Waals surface area (Å²) in [5.41, 5.74) is 9.84. The van der Waals surface area contributed by atoms with Crippen molar-refractivity contribution in [3.63, 3.8) is 0 Å². The summed E-state index contributed by atoms with van der Waals surface area (Å²) in [5.74, 6) is 0.663. The van der Waals surface area contributed by atoms with E-state index in [1.54, 1.807) is 0 Å². The second-order valence-corrected chi connectivity index (χ2v) is 13.3. The van der Waals surface area contributed by atoms with Crippen molar-refractivity contribution < 1.29 is 4.42 Å². The lowest BCUT2D eigenvalue weighted by molar-refractivity contribution is 0.673. The van der Waals surface area contributed by atoms with Gasteiger partial charge in [0.25, 0.3) is 0 Å². The van der Waals surface area contributed by atoms with Gasteiger partial charge >= 0.3 is 0 Å². The lowest BCUT2D eigenvalue weighted by Crippen LogP contribution is -1.98. The Hall–Kier alpha value is -7.04. The maximum absolute atomic E-state index is 6.81. The van der Waals surface area contributed by atoms with Crippen molar-refractivity contribution in [3.8, 4) is 39.6 Å². The number of rotatable bonds is 4. The molecule has 3 heterocycles. The minimum Gasteiger partial charge on any atom is -0.455 e. The van der Waals surface area contributed by atoms with E-state index >= 15 is 0 Å². The second kappa shape index (κ2) is 11.2. The van der Waals surface area contributed by atoms with Gasteiger partial charge in [0.05, 0.1) is 22.4 Å². The molecule has 0 bridgehead atoms. The van der Waals surface area contributed by atoms with Gasteiger partial charge in [-0.25, -0.2) is 9.97 Å². The SMILES string of the molecule is c1ccc(-c2cc(-c3cccc4ccccc34)nc(-c3cc4c(c5ccccc5n4-c4ccccc4)c4c3ccc3c5ccccc5oc34)n2)cc1. The van der Waals surface area contributed by atoms with Crippen LogP contribution in [0.2, 0.25) is 0 Å². The van der Waals surface area contributed by atoms with Crippen LogP contribution in [-0.2, 0) is 0 Å². The van der Waals surface area contributed by atoms with Gasteiger partial charge in [0.2, 0.25) is 0 Å². The zero-order chi connectivity index (χ0) is 34.2. The molecule has 242 valence electrons. The summed E-state index contributed by atoms with van der Waals surface area (Å²) >= 11 is 0. The Labute approximate surface area is 298 Å². The van der Waals surface area contributed by atoms with Crippen LogP contribution >= 0.6 is 0 Å². The van der Waals surface area contributed by atoms with Crippen LogP contribution in [0.4, 0.5) is 0 Å².